The maximum atomic E-state index is 13.4. The van der Waals surface area contributed by atoms with Crippen LogP contribution in [0.3, 0.4) is 0 Å². The zero-order valence-corrected chi connectivity index (χ0v) is 17.3. The Balaban J connectivity index is 1.64. The minimum Gasteiger partial charge on any atom is -0.465 e. The summed E-state index contributed by atoms with van der Waals surface area (Å²) in [5.74, 6) is -1.13. The SMILES string of the molecule is COC(=O)c1ccc(NCC(c2ccc(F)cc2)n2ccnc2)cc1-c1ccc(F)cc1. The Hall–Kier alpha value is -4.00. The van der Waals surface area contributed by atoms with Crippen molar-refractivity contribution in [3.8, 4) is 11.1 Å². The molecule has 0 spiro atoms. The van der Waals surface area contributed by atoms with Crippen molar-refractivity contribution in [1.82, 2.24) is 9.55 Å². The third-order valence-electron chi connectivity index (χ3n) is 5.22. The number of ether oxygens (including phenoxy) is 1. The number of nitrogens with zero attached hydrogens (tertiary/aromatic N) is 2. The fourth-order valence-corrected chi connectivity index (χ4v) is 3.56. The predicted octanol–water partition coefficient (Wildman–Crippen LogP) is 5.32. The summed E-state index contributed by atoms with van der Waals surface area (Å²) < 4.78 is 33.6. The van der Waals surface area contributed by atoms with Crippen LogP contribution in [0.2, 0.25) is 0 Å². The zero-order valence-electron chi connectivity index (χ0n) is 17.3. The van der Waals surface area contributed by atoms with E-state index in [1.807, 2.05) is 16.8 Å². The van der Waals surface area contributed by atoms with Gasteiger partial charge in [0.2, 0.25) is 0 Å². The van der Waals surface area contributed by atoms with Crippen molar-refractivity contribution in [3.05, 3.63) is 108 Å². The van der Waals surface area contributed by atoms with Gasteiger partial charge in [-0.2, -0.15) is 0 Å². The lowest BCUT2D eigenvalue weighted by Crippen LogP contribution is -2.19. The van der Waals surface area contributed by atoms with Crippen LogP contribution < -0.4 is 5.32 Å². The number of hydrogen-bond acceptors (Lipinski definition) is 4. The highest BCUT2D eigenvalue weighted by Crippen LogP contribution is 2.29. The fourth-order valence-electron chi connectivity index (χ4n) is 3.56. The van der Waals surface area contributed by atoms with E-state index >= 15 is 0 Å². The fraction of sp³-hybridized carbons (Fsp3) is 0.120. The lowest BCUT2D eigenvalue weighted by atomic mass is 9.98. The van der Waals surface area contributed by atoms with Gasteiger partial charge in [-0.15, -0.1) is 0 Å². The smallest absolute Gasteiger partial charge is 0.338 e. The molecule has 4 rings (SSSR count). The molecule has 7 heteroatoms. The zero-order chi connectivity index (χ0) is 22.5. The summed E-state index contributed by atoms with van der Waals surface area (Å²) in [6.45, 7) is 0.489. The molecule has 0 aliphatic carbocycles. The Morgan fingerprint density at radius 2 is 1.72 bits per heavy atom. The number of anilines is 1. The first-order chi connectivity index (χ1) is 15.5. The number of methoxy groups -OCH3 is 1. The average molecular weight is 433 g/mol. The summed E-state index contributed by atoms with van der Waals surface area (Å²) in [7, 11) is 1.32. The summed E-state index contributed by atoms with van der Waals surface area (Å²) >= 11 is 0. The van der Waals surface area contributed by atoms with Gasteiger partial charge in [-0.25, -0.2) is 18.6 Å². The second-order valence-corrected chi connectivity index (χ2v) is 7.22. The number of imidazole rings is 1. The molecular formula is C25H21F2N3O2. The summed E-state index contributed by atoms with van der Waals surface area (Å²) in [5, 5.41) is 3.38. The summed E-state index contributed by atoms with van der Waals surface area (Å²) in [5.41, 5.74) is 3.39. The standard InChI is InChI=1S/C25H21F2N3O2/c1-32-25(31)22-11-10-21(14-23(22)17-2-6-19(26)7-3-17)29-15-24(30-13-12-28-16-30)18-4-8-20(27)9-5-18/h2-14,16,24,29H,15H2,1H3. The van der Waals surface area contributed by atoms with Crippen molar-refractivity contribution in [3.63, 3.8) is 0 Å². The van der Waals surface area contributed by atoms with Gasteiger partial charge in [0.15, 0.2) is 0 Å². The first kappa shape index (κ1) is 21.2. The van der Waals surface area contributed by atoms with Gasteiger partial charge in [0, 0.05) is 24.6 Å². The van der Waals surface area contributed by atoms with Crippen LogP contribution in [-0.2, 0) is 4.74 Å². The van der Waals surface area contributed by atoms with Gasteiger partial charge in [0.1, 0.15) is 11.6 Å². The van der Waals surface area contributed by atoms with Gasteiger partial charge in [-0.05, 0) is 59.2 Å². The number of hydrogen-bond donors (Lipinski definition) is 1. The Morgan fingerprint density at radius 3 is 2.34 bits per heavy atom. The molecule has 1 heterocycles. The summed E-state index contributed by atoms with van der Waals surface area (Å²) in [4.78, 5) is 16.4. The van der Waals surface area contributed by atoms with Gasteiger partial charge in [0.25, 0.3) is 0 Å². The second kappa shape index (κ2) is 9.43. The normalized spacial score (nSPS) is 11.7. The summed E-state index contributed by atoms with van der Waals surface area (Å²) in [6, 6.07) is 17.4. The molecule has 1 N–H and O–H groups in total. The molecule has 0 bridgehead atoms. The molecule has 0 saturated heterocycles. The van der Waals surface area contributed by atoms with Crippen LogP contribution in [0.1, 0.15) is 22.0 Å². The van der Waals surface area contributed by atoms with E-state index in [9.17, 15) is 13.6 Å². The Kier molecular flexibility index (Phi) is 6.26. The van der Waals surface area contributed by atoms with Gasteiger partial charge in [-0.3, -0.25) is 0 Å². The quantitative estimate of drug-likeness (QED) is 0.401. The third-order valence-corrected chi connectivity index (χ3v) is 5.22. The highest BCUT2D eigenvalue weighted by atomic mass is 19.1. The van der Waals surface area contributed by atoms with E-state index in [4.69, 9.17) is 4.74 Å². The predicted molar refractivity (Wildman–Crippen MR) is 118 cm³/mol. The molecule has 1 atom stereocenters. The van der Waals surface area contributed by atoms with Crippen molar-refractivity contribution in [2.24, 2.45) is 0 Å². The molecule has 0 fully saturated rings. The lowest BCUT2D eigenvalue weighted by molar-refractivity contribution is 0.0601. The van der Waals surface area contributed by atoms with E-state index in [-0.39, 0.29) is 17.7 Å². The number of esters is 1. The number of benzene rings is 3. The van der Waals surface area contributed by atoms with E-state index in [0.29, 0.717) is 23.2 Å². The topological polar surface area (TPSA) is 56.1 Å². The van der Waals surface area contributed by atoms with Gasteiger partial charge >= 0.3 is 5.97 Å². The minimum atomic E-state index is -0.474. The molecule has 0 aliphatic heterocycles. The van der Waals surface area contributed by atoms with Crippen molar-refractivity contribution >= 4 is 11.7 Å². The number of nitrogens with one attached hydrogen (secondary N) is 1. The highest BCUT2D eigenvalue weighted by molar-refractivity contribution is 5.98. The third kappa shape index (κ3) is 4.67. The molecule has 0 radical (unpaired) electrons. The first-order valence-corrected chi connectivity index (χ1v) is 10.0. The number of aromatic nitrogens is 2. The maximum Gasteiger partial charge on any atom is 0.338 e. The molecule has 1 aromatic heterocycles. The molecular weight excluding hydrogens is 412 g/mol. The average Bonchev–Trinajstić information content (AvgIpc) is 3.35. The molecule has 5 nitrogen and oxygen atoms in total. The highest BCUT2D eigenvalue weighted by Gasteiger charge is 2.17. The van der Waals surface area contributed by atoms with E-state index in [1.54, 1.807) is 48.9 Å². The van der Waals surface area contributed by atoms with Crippen molar-refractivity contribution in [2.75, 3.05) is 19.0 Å². The Bertz CT molecular complexity index is 1190. The number of carbonyl (C=O) groups is 1. The Labute approximate surface area is 184 Å². The lowest BCUT2D eigenvalue weighted by Gasteiger charge is -2.21. The molecule has 32 heavy (non-hydrogen) atoms. The van der Waals surface area contributed by atoms with Crippen LogP contribution in [-0.4, -0.2) is 29.2 Å². The number of halogens is 2. The molecule has 3 aromatic carbocycles. The minimum absolute atomic E-state index is 0.132. The molecule has 162 valence electrons. The van der Waals surface area contributed by atoms with Crippen LogP contribution in [0.15, 0.2) is 85.5 Å². The van der Waals surface area contributed by atoms with Crippen LogP contribution in [0.5, 0.6) is 0 Å². The van der Waals surface area contributed by atoms with E-state index in [1.165, 1.54) is 31.4 Å². The van der Waals surface area contributed by atoms with Crippen molar-refractivity contribution < 1.29 is 18.3 Å². The molecule has 0 amide bonds. The van der Waals surface area contributed by atoms with Crippen LogP contribution >= 0.6 is 0 Å². The largest absolute Gasteiger partial charge is 0.465 e. The van der Waals surface area contributed by atoms with E-state index in [2.05, 4.69) is 10.3 Å². The molecule has 0 saturated carbocycles. The second-order valence-electron chi connectivity index (χ2n) is 7.22. The number of carbonyl (C=O) groups excluding carboxylic acids is 1. The maximum absolute atomic E-state index is 13.4. The van der Waals surface area contributed by atoms with Crippen LogP contribution in [0.25, 0.3) is 11.1 Å². The van der Waals surface area contributed by atoms with Crippen LogP contribution in [0, 0.1) is 11.6 Å². The number of rotatable bonds is 7. The van der Waals surface area contributed by atoms with E-state index < -0.39 is 5.97 Å². The molecule has 0 aliphatic rings. The monoisotopic (exact) mass is 433 g/mol. The van der Waals surface area contributed by atoms with Gasteiger partial charge < -0.3 is 14.6 Å². The van der Waals surface area contributed by atoms with Crippen molar-refractivity contribution in [1.29, 1.82) is 0 Å². The van der Waals surface area contributed by atoms with E-state index in [0.717, 1.165) is 11.3 Å². The van der Waals surface area contributed by atoms with Crippen LogP contribution in [0.4, 0.5) is 14.5 Å². The van der Waals surface area contributed by atoms with Gasteiger partial charge in [0.05, 0.1) is 25.0 Å². The van der Waals surface area contributed by atoms with Gasteiger partial charge in [-0.1, -0.05) is 24.3 Å². The Morgan fingerprint density at radius 1 is 1.03 bits per heavy atom. The molecule has 4 aromatic rings. The summed E-state index contributed by atoms with van der Waals surface area (Å²) in [6.07, 6.45) is 5.24. The first-order valence-electron chi connectivity index (χ1n) is 10.0. The van der Waals surface area contributed by atoms with Crippen molar-refractivity contribution in [2.45, 2.75) is 6.04 Å². The molecule has 1 unspecified atom stereocenters.